The number of nitrogens with one attached hydrogen (secondary N) is 1. The number of benzene rings is 3. The molecule has 0 aromatic heterocycles. The largest absolute Gasteiger partial charge is 0.497 e. The van der Waals surface area contributed by atoms with Gasteiger partial charge in [0.05, 0.1) is 36.2 Å². The van der Waals surface area contributed by atoms with Gasteiger partial charge in [-0.2, -0.15) is 13.2 Å². The predicted octanol–water partition coefficient (Wildman–Crippen LogP) is 4.87. The molecule has 3 aliphatic rings. The number of fused-ring (bicyclic) bond motifs is 5. The molecule has 7 nitrogen and oxygen atoms in total. The van der Waals surface area contributed by atoms with Gasteiger partial charge in [-0.25, -0.2) is 4.90 Å². The first-order chi connectivity index (χ1) is 18.7. The van der Waals surface area contributed by atoms with E-state index in [-0.39, 0.29) is 5.69 Å². The van der Waals surface area contributed by atoms with Gasteiger partial charge >= 0.3 is 6.18 Å². The Bertz CT molecular complexity index is 1520. The number of ether oxygens (including phenoxy) is 1. The Morgan fingerprint density at radius 1 is 0.923 bits per heavy atom. The minimum Gasteiger partial charge on any atom is -0.497 e. The molecule has 6 rings (SSSR count). The summed E-state index contributed by atoms with van der Waals surface area (Å²) in [6, 6.07) is 16.5. The van der Waals surface area contributed by atoms with Crippen LogP contribution in [-0.4, -0.2) is 35.8 Å². The van der Waals surface area contributed by atoms with E-state index in [1.165, 1.54) is 19.2 Å². The van der Waals surface area contributed by atoms with Gasteiger partial charge in [-0.3, -0.25) is 14.4 Å². The predicted molar refractivity (Wildman–Crippen MR) is 136 cm³/mol. The molecular formula is C29H22F3N3O4. The number of anilines is 2. The Morgan fingerprint density at radius 2 is 1.64 bits per heavy atom. The van der Waals surface area contributed by atoms with E-state index in [1.54, 1.807) is 41.4 Å². The number of hydrogen-bond acceptors (Lipinski definition) is 5. The Kier molecular flexibility index (Phi) is 5.71. The molecule has 0 spiro atoms. The lowest BCUT2D eigenvalue weighted by molar-refractivity contribution is -0.137. The second kappa shape index (κ2) is 9.00. The number of carbonyl (C=O) groups excluding carboxylic acids is 3. The fourth-order valence-electron chi connectivity index (χ4n) is 5.83. The SMILES string of the molecule is COc1ccc(N2C(=O)[C@@H]3[C@@H](C2=O)[C@H]2c4ccccc4C=CN2[C@@H]3C(=O)Nc2cccc(C(F)(F)F)c2)cc1. The smallest absolute Gasteiger partial charge is 0.416 e. The average molecular weight is 534 g/mol. The summed E-state index contributed by atoms with van der Waals surface area (Å²) in [7, 11) is 1.50. The zero-order chi connectivity index (χ0) is 27.5. The van der Waals surface area contributed by atoms with Crippen molar-refractivity contribution >= 4 is 35.2 Å². The van der Waals surface area contributed by atoms with E-state index in [1.807, 2.05) is 24.3 Å². The van der Waals surface area contributed by atoms with Gasteiger partial charge in [-0.05, 0) is 59.7 Å². The third-order valence-corrected chi connectivity index (χ3v) is 7.52. The molecule has 39 heavy (non-hydrogen) atoms. The van der Waals surface area contributed by atoms with Crippen molar-refractivity contribution in [1.29, 1.82) is 0 Å². The third-order valence-electron chi connectivity index (χ3n) is 7.52. The number of carbonyl (C=O) groups is 3. The van der Waals surface area contributed by atoms with Gasteiger partial charge in [0.15, 0.2) is 0 Å². The summed E-state index contributed by atoms with van der Waals surface area (Å²) in [5.74, 6) is -3.03. The van der Waals surface area contributed by atoms with Crippen molar-refractivity contribution in [2.75, 3.05) is 17.3 Å². The first-order valence-electron chi connectivity index (χ1n) is 12.2. The molecule has 0 unspecified atom stereocenters. The molecule has 3 aliphatic heterocycles. The molecule has 3 aromatic rings. The number of rotatable bonds is 4. The summed E-state index contributed by atoms with van der Waals surface area (Å²) in [5.41, 5.74) is 1.04. The molecule has 0 aliphatic carbocycles. The van der Waals surface area contributed by atoms with E-state index in [0.717, 1.165) is 28.2 Å². The molecule has 2 saturated heterocycles. The van der Waals surface area contributed by atoms with Gasteiger partial charge in [0.2, 0.25) is 17.7 Å². The Labute approximate surface area is 221 Å². The number of methoxy groups -OCH3 is 1. The molecule has 0 saturated carbocycles. The molecule has 2 fully saturated rings. The van der Waals surface area contributed by atoms with Gasteiger partial charge in [0.25, 0.3) is 0 Å². The minimum atomic E-state index is -4.59. The molecule has 4 atom stereocenters. The second-order valence-electron chi connectivity index (χ2n) is 9.61. The van der Waals surface area contributed by atoms with Crippen LogP contribution in [0.5, 0.6) is 5.75 Å². The number of alkyl halides is 3. The first kappa shape index (κ1) is 24.7. The lowest BCUT2D eigenvalue weighted by Crippen LogP contribution is -2.46. The number of nitrogens with zero attached hydrogens (tertiary/aromatic N) is 2. The van der Waals surface area contributed by atoms with E-state index >= 15 is 0 Å². The van der Waals surface area contributed by atoms with Gasteiger partial charge < -0.3 is 15.0 Å². The molecule has 3 heterocycles. The highest BCUT2D eigenvalue weighted by Crippen LogP contribution is 2.53. The second-order valence-corrected chi connectivity index (χ2v) is 9.61. The van der Waals surface area contributed by atoms with E-state index in [9.17, 15) is 27.6 Å². The number of imide groups is 1. The minimum absolute atomic E-state index is 0.0556. The van der Waals surface area contributed by atoms with Crippen LogP contribution >= 0.6 is 0 Å². The molecule has 0 bridgehead atoms. The highest BCUT2D eigenvalue weighted by atomic mass is 19.4. The van der Waals surface area contributed by atoms with Crippen molar-refractivity contribution in [3.63, 3.8) is 0 Å². The topological polar surface area (TPSA) is 79.0 Å². The summed E-state index contributed by atoms with van der Waals surface area (Å²) in [5, 5.41) is 2.56. The van der Waals surface area contributed by atoms with Crippen LogP contribution in [0.1, 0.15) is 22.7 Å². The number of halogens is 3. The first-order valence-corrected chi connectivity index (χ1v) is 12.2. The van der Waals surface area contributed by atoms with Crippen LogP contribution in [0.15, 0.2) is 79.0 Å². The summed E-state index contributed by atoms with van der Waals surface area (Å²) >= 11 is 0. The lowest BCUT2D eigenvalue weighted by atomic mass is 9.84. The van der Waals surface area contributed by atoms with Crippen LogP contribution in [0, 0.1) is 11.8 Å². The maximum Gasteiger partial charge on any atom is 0.416 e. The van der Waals surface area contributed by atoms with Crippen molar-refractivity contribution in [3.05, 3.63) is 95.7 Å². The number of amides is 3. The van der Waals surface area contributed by atoms with Gasteiger partial charge in [-0.1, -0.05) is 30.3 Å². The van der Waals surface area contributed by atoms with Gasteiger partial charge in [0.1, 0.15) is 11.8 Å². The van der Waals surface area contributed by atoms with E-state index in [4.69, 9.17) is 4.74 Å². The Morgan fingerprint density at radius 3 is 2.36 bits per heavy atom. The zero-order valence-electron chi connectivity index (χ0n) is 20.6. The summed E-state index contributed by atoms with van der Waals surface area (Å²) in [4.78, 5) is 44.2. The Balaban J connectivity index is 1.40. The average Bonchev–Trinajstić information content (AvgIpc) is 3.41. The standard InChI is InChI=1S/C29H22F3N3O4/c1-39-20-11-9-19(10-12-20)35-27(37)22-23(28(35)38)25(34-14-13-16-5-2-3-8-21(16)24(22)34)26(36)33-18-7-4-6-17(15-18)29(30,31)32/h2-15,22-25H,1H3,(H,33,36)/t22-,23-,24-,25+/m1/s1. The lowest BCUT2D eigenvalue weighted by Gasteiger charge is -2.35. The van der Waals surface area contributed by atoms with Crippen molar-refractivity contribution < 1.29 is 32.3 Å². The summed E-state index contributed by atoms with van der Waals surface area (Å²) < 4.78 is 45.0. The van der Waals surface area contributed by atoms with E-state index in [0.29, 0.717) is 11.4 Å². The van der Waals surface area contributed by atoms with Crippen molar-refractivity contribution in [3.8, 4) is 5.75 Å². The quantitative estimate of drug-likeness (QED) is 0.485. The van der Waals surface area contributed by atoms with Gasteiger partial charge in [0, 0.05) is 11.9 Å². The van der Waals surface area contributed by atoms with Crippen LogP contribution in [0.25, 0.3) is 6.08 Å². The fourth-order valence-corrected chi connectivity index (χ4v) is 5.83. The third kappa shape index (κ3) is 3.94. The molecule has 10 heteroatoms. The molecular weight excluding hydrogens is 511 g/mol. The summed E-state index contributed by atoms with van der Waals surface area (Å²) in [6.45, 7) is 0. The maximum atomic E-state index is 13.9. The molecule has 3 amide bonds. The van der Waals surface area contributed by atoms with Crippen molar-refractivity contribution in [1.82, 2.24) is 4.90 Å². The Hall–Kier alpha value is -4.60. The van der Waals surface area contributed by atoms with Crippen LogP contribution in [0.2, 0.25) is 0 Å². The molecule has 0 radical (unpaired) electrons. The van der Waals surface area contributed by atoms with Crippen molar-refractivity contribution in [2.45, 2.75) is 18.3 Å². The normalized spacial score (nSPS) is 23.4. The van der Waals surface area contributed by atoms with Crippen LogP contribution in [0.4, 0.5) is 24.5 Å². The van der Waals surface area contributed by atoms with Crippen LogP contribution < -0.4 is 15.0 Å². The molecule has 198 valence electrons. The van der Waals surface area contributed by atoms with Crippen LogP contribution in [0.3, 0.4) is 0 Å². The number of hydrogen-bond donors (Lipinski definition) is 1. The van der Waals surface area contributed by atoms with E-state index in [2.05, 4.69) is 5.32 Å². The summed E-state index contributed by atoms with van der Waals surface area (Å²) in [6.07, 6.45) is -1.11. The highest BCUT2D eigenvalue weighted by Gasteiger charge is 2.64. The monoisotopic (exact) mass is 533 g/mol. The fraction of sp³-hybridized carbons (Fsp3) is 0.207. The van der Waals surface area contributed by atoms with E-state index < -0.39 is 53.4 Å². The molecule has 3 aromatic carbocycles. The maximum absolute atomic E-state index is 13.9. The van der Waals surface area contributed by atoms with Gasteiger partial charge in [-0.15, -0.1) is 0 Å². The zero-order valence-corrected chi connectivity index (χ0v) is 20.6. The van der Waals surface area contributed by atoms with Crippen molar-refractivity contribution in [2.24, 2.45) is 11.8 Å². The highest BCUT2D eigenvalue weighted by molar-refractivity contribution is 6.24. The van der Waals surface area contributed by atoms with Crippen LogP contribution in [-0.2, 0) is 20.6 Å². The molecule has 1 N–H and O–H groups in total.